The summed E-state index contributed by atoms with van der Waals surface area (Å²) in [5.74, 6) is 1.79. The Balaban J connectivity index is 1.44. The third-order valence-corrected chi connectivity index (χ3v) is 6.47. The van der Waals surface area contributed by atoms with Gasteiger partial charge in [-0.25, -0.2) is 19.3 Å². The normalized spacial score (nSPS) is 13.9. The van der Waals surface area contributed by atoms with E-state index in [1.54, 1.807) is 18.2 Å². The molecule has 0 saturated carbocycles. The average molecular weight is 506 g/mol. The molecular formula is C25H24FN7O2S. The van der Waals surface area contributed by atoms with Crippen molar-refractivity contribution in [1.29, 1.82) is 5.26 Å². The monoisotopic (exact) mass is 505 g/mol. The summed E-state index contributed by atoms with van der Waals surface area (Å²) < 4.78 is 25.1. The zero-order chi connectivity index (χ0) is 25.1. The summed E-state index contributed by atoms with van der Waals surface area (Å²) in [6.45, 7) is 3.14. The lowest BCUT2D eigenvalue weighted by Gasteiger charge is -2.23. The SMILES string of the molecule is CSc1cc(F)ccc1Nc1cc(Nc2ccc(OC3CCOCC3)c(C#N)n2)nc2nc(C)[nH]c12. The Morgan fingerprint density at radius 1 is 1.08 bits per heavy atom. The molecule has 0 unspecified atom stereocenters. The largest absolute Gasteiger partial charge is 0.487 e. The summed E-state index contributed by atoms with van der Waals surface area (Å²) in [6, 6.07) is 12.0. The Labute approximate surface area is 211 Å². The first-order valence-electron chi connectivity index (χ1n) is 11.4. The summed E-state index contributed by atoms with van der Waals surface area (Å²) in [6.07, 6.45) is 3.45. The standard InChI is InChI=1S/C25H24FN7O2S/c1-14-28-24-18(30-17-4-3-15(26)11-21(17)36-2)12-23(33-25(24)29-14)32-22-6-5-20(19(13-27)31-22)35-16-7-9-34-10-8-16/h3-6,11-12,16H,7-10H2,1-2H3,(H3,28,29,30,31,32,33). The molecule has 0 bridgehead atoms. The minimum Gasteiger partial charge on any atom is -0.487 e. The highest BCUT2D eigenvalue weighted by molar-refractivity contribution is 7.98. The third kappa shape index (κ3) is 5.19. The molecule has 0 aliphatic carbocycles. The number of aromatic amines is 1. The Morgan fingerprint density at radius 2 is 1.92 bits per heavy atom. The number of nitriles is 1. The van der Waals surface area contributed by atoms with E-state index in [4.69, 9.17) is 9.47 Å². The number of halogens is 1. The van der Waals surface area contributed by atoms with Gasteiger partial charge in [-0.2, -0.15) is 5.26 Å². The Kier molecular flexibility index (Phi) is 6.88. The second-order valence-electron chi connectivity index (χ2n) is 8.26. The van der Waals surface area contributed by atoms with Gasteiger partial charge in [-0.1, -0.05) is 0 Å². The van der Waals surface area contributed by atoms with Crippen molar-refractivity contribution in [3.63, 3.8) is 0 Å². The maximum Gasteiger partial charge on any atom is 0.184 e. The molecule has 4 aromatic rings. The molecule has 3 N–H and O–H groups in total. The molecule has 9 nitrogen and oxygen atoms in total. The summed E-state index contributed by atoms with van der Waals surface area (Å²) in [7, 11) is 0. The summed E-state index contributed by atoms with van der Waals surface area (Å²) in [4.78, 5) is 17.5. The molecule has 0 amide bonds. The smallest absolute Gasteiger partial charge is 0.184 e. The van der Waals surface area contributed by atoms with Gasteiger partial charge >= 0.3 is 0 Å². The summed E-state index contributed by atoms with van der Waals surface area (Å²) in [5.41, 5.74) is 2.89. The van der Waals surface area contributed by atoms with E-state index < -0.39 is 0 Å². The molecule has 0 spiro atoms. The lowest BCUT2D eigenvalue weighted by atomic mass is 10.1. The van der Waals surface area contributed by atoms with Crippen LogP contribution in [0.1, 0.15) is 24.4 Å². The quantitative estimate of drug-likeness (QED) is 0.282. The van der Waals surface area contributed by atoms with Crippen molar-refractivity contribution in [2.24, 2.45) is 0 Å². The van der Waals surface area contributed by atoms with Crippen LogP contribution < -0.4 is 15.4 Å². The van der Waals surface area contributed by atoms with Crippen LogP contribution in [0, 0.1) is 24.1 Å². The molecule has 1 aromatic carbocycles. The van der Waals surface area contributed by atoms with Gasteiger partial charge in [0.05, 0.1) is 24.6 Å². The van der Waals surface area contributed by atoms with E-state index in [0.717, 1.165) is 28.9 Å². The van der Waals surface area contributed by atoms with Crippen LogP contribution in [-0.4, -0.2) is 45.5 Å². The number of aromatic nitrogens is 4. The maximum atomic E-state index is 13.7. The van der Waals surface area contributed by atoms with E-state index in [0.29, 0.717) is 47.8 Å². The van der Waals surface area contributed by atoms with Gasteiger partial charge in [0.1, 0.15) is 41.0 Å². The van der Waals surface area contributed by atoms with Gasteiger partial charge in [0.25, 0.3) is 0 Å². The number of fused-ring (bicyclic) bond motifs is 1. The van der Waals surface area contributed by atoms with Gasteiger partial charge < -0.3 is 25.1 Å². The van der Waals surface area contributed by atoms with Crippen LogP contribution in [-0.2, 0) is 4.74 Å². The zero-order valence-electron chi connectivity index (χ0n) is 19.8. The third-order valence-electron chi connectivity index (χ3n) is 5.70. The van der Waals surface area contributed by atoms with E-state index in [2.05, 4.69) is 36.6 Å². The highest BCUT2D eigenvalue weighted by Gasteiger charge is 2.18. The molecule has 0 atom stereocenters. The van der Waals surface area contributed by atoms with Gasteiger partial charge in [0.2, 0.25) is 0 Å². The number of pyridine rings is 2. The van der Waals surface area contributed by atoms with Crippen molar-refractivity contribution in [3.05, 3.63) is 53.7 Å². The molecule has 1 aliphatic rings. The summed E-state index contributed by atoms with van der Waals surface area (Å²) in [5, 5.41) is 16.2. The Bertz CT molecular complexity index is 1450. The van der Waals surface area contributed by atoms with Crippen LogP contribution in [0.5, 0.6) is 5.75 Å². The second kappa shape index (κ2) is 10.4. The fourth-order valence-corrected chi connectivity index (χ4v) is 4.54. The van der Waals surface area contributed by atoms with E-state index in [1.807, 2.05) is 19.2 Å². The highest BCUT2D eigenvalue weighted by Crippen LogP contribution is 2.33. The molecule has 5 rings (SSSR count). The molecule has 1 saturated heterocycles. The highest BCUT2D eigenvalue weighted by atomic mass is 32.2. The van der Waals surface area contributed by atoms with Crippen molar-refractivity contribution >= 4 is 45.9 Å². The van der Waals surface area contributed by atoms with Crippen LogP contribution in [0.2, 0.25) is 0 Å². The molecular weight excluding hydrogens is 481 g/mol. The van der Waals surface area contributed by atoms with Crippen LogP contribution in [0.3, 0.4) is 0 Å². The number of nitrogens with zero attached hydrogens (tertiary/aromatic N) is 4. The van der Waals surface area contributed by atoms with Crippen molar-refractivity contribution in [2.75, 3.05) is 30.1 Å². The Morgan fingerprint density at radius 3 is 2.69 bits per heavy atom. The van der Waals surface area contributed by atoms with Gasteiger partial charge in [-0.15, -0.1) is 11.8 Å². The molecule has 1 fully saturated rings. The lowest BCUT2D eigenvalue weighted by molar-refractivity contribution is 0.0253. The number of anilines is 4. The van der Waals surface area contributed by atoms with E-state index >= 15 is 0 Å². The van der Waals surface area contributed by atoms with Gasteiger partial charge in [0, 0.05) is 23.8 Å². The van der Waals surface area contributed by atoms with Crippen molar-refractivity contribution in [3.8, 4) is 11.8 Å². The van der Waals surface area contributed by atoms with Crippen molar-refractivity contribution in [2.45, 2.75) is 30.8 Å². The summed E-state index contributed by atoms with van der Waals surface area (Å²) >= 11 is 1.44. The first kappa shape index (κ1) is 23.8. The van der Waals surface area contributed by atoms with Crippen LogP contribution in [0.15, 0.2) is 41.3 Å². The number of benzene rings is 1. The van der Waals surface area contributed by atoms with Gasteiger partial charge in [0.15, 0.2) is 17.1 Å². The first-order chi connectivity index (χ1) is 17.5. The van der Waals surface area contributed by atoms with E-state index in [-0.39, 0.29) is 17.6 Å². The molecule has 11 heteroatoms. The minimum absolute atomic E-state index is 0.00436. The maximum absolute atomic E-state index is 13.7. The minimum atomic E-state index is -0.298. The number of imidazole rings is 1. The fourth-order valence-electron chi connectivity index (χ4n) is 3.98. The van der Waals surface area contributed by atoms with Crippen molar-refractivity contribution < 1.29 is 13.9 Å². The first-order valence-corrected chi connectivity index (χ1v) is 12.7. The van der Waals surface area contributed by atoms with Crippen LogP contribution >= 0.6 is 11.8 Å². The number of nitrogens with one attached hydrogen (secondary N) is 3. The lowest BCUT2D eigenvalue weighted by Crippen LogP contribution is -2.26. The number of rotatable bonds is 7. The van der Waals surface area contributed by atoms with Gasteiger partial charge in [-0.3, -0.25) is 0 Å². The van der Waals surface area contributed by atoms with Crippen LogP contribution in [0.25, 0.3) is 11.2 Å². The van der Waals surface area contributed by atoms with Crippen LogP contribution in [0.4, 0.5) is 27.4 Å². The predicted molar refractivity (Wildman–Crippen MR) is 137 cm³/mol. The van der Waals surface area contributed by atoms with E-state index in [9.17, 15) is 9.65 Å². The number of hydrogen-bond acceptors (Lipinski definition) is 9. The topological polar surface area (TPSA) is 121 Å². The average Bonchev–Trinajstić information content (AvgIpc) is 3.27. The molecule has 1 aliphatic heterocycles. The number of H-pyrrole nitrogens is 1. The number of hydrogen-bond donors (Lipinski definition) is 3. The molecule has 184 valence electrons. The number of thioether (sulfide) groups is 1. The Hall–Kier alpha value is -3.88. The molecule has 36 heavy (non-hydrogen) atoms. The fraction of sp³-hybridized carbons (Fsp3) is 0.280. The molecule has 3 aromatic heterocycles. The number of ether oxygens (including phenoxy) is 2. The zero-order valence-corrected chi connectivity index (χ0v) is 20.6. The predicted octanol–water partition coefficient (Wildman–Crippen LogP) is 5.44. The van der Waals surface area contributed by atoms with E-state index in [1.165, 1.54) is 23.9 Å². The number of aryl methyl sites for hydroxylation is 1. The second-order valence-corrected chi connectivity index (χ2v) is 9.10. The van der Waals surface area contributed by atoms with Gasteiger partial charge in [-0.05, 0) is 43.5 Å². The molecule has 0 radical (unpaired) electrons. The van der Waals surface area contributed by atoms with Crippen molar-refractivity contribution in [1.82, 2.24) is 19.9 Å². The molecule has 4 heterocycles.